The largest absolute Gasteiger partial charge is 0.467 e. The Hall–Kier alpha value is -2.46. The summed E-state index contributed by atoms with van der Waals surface area (Å²) in [6.45, 7) is 2.66. The molecule has 2 aromatic rings. The highest BCUT2D eigenvalue weighted by molar-refractivity contribution is 5.84. The van der Waals surface area contributed by atoms with Gasteiger partial charge in [-0.25, -0.2) is 4.68 Å². The van der Waals surface area contributed by atoms with E-state index in [0.29, 0.717) is 6.07 Å². The molecule has 0 bridgehead atoms. The zero-order valence-electron chi connectivity index (χ0n) is 16.7. The van der Waals surface area contributed by atoms with Crippen LogP contribution in [0.1, 0.15) is 50.3 Å². The Morgan fingerprint density at radius 1 is 1.23 bits per heavy atom. The van der Waals surface area contributed by atoms with Crippen molar-refractivity contribution < 1.29 is 31.5 Å². The zero-order chi connectivity index (χ0) is 22.1. The van der Waals surface area contributed by atoms with Gasteiger partial charge in [-0.1, -0.05) is 19.3 Å². The average molecular weight is 434 g/mol. The number of halogens is 5. The highest BCUT2D eigenvalue weighted by Gasteiger charge is 2.60. The fraction of sp³-hybridized carbons (Fsp3) is 0.632. The van der Waals surface area contributed by atoms with Crippen LogP contribution in [-0.2, 0) is 17.3 Å². The van der Waals surface area contributed by atoms with Crippen LogP contribution in [0.5, 0.6) is 5.88 Å². The van der Waals surface area contributed by atoms with E-state index in [9.17, 15) is 26.7 Å². The van der Waals surface area contributed by atoms with Crippen LogP contribution in [0, 0.1) is 6.92 Å². The van der Waals surface area contributed by atoms with E-state index in [-0.39, 0.29) is 29.3 Å². The summed E-state index contributed by atoms with van der Waals surface area (Å²) in [5, 5.41) is 6.40. The van der Waals surface area contributed by atoms with E-state index in [1.165, 1.54) is 11.6 Å². The Morgan fingerprint density at radius 3 is 2.50 bits per heavy atom. The van der Waals surface area contributed by atoms with Crippen molar-refractivity contribution in [3.63, 3.8) is 0 Å². The molecule has 11 heteroatoms. The molecule has 0 unspecified atom stereocenters. The van der Waals surface area contributed by atoms with Crippen molar-refractivity contribution in [2.75, 3.05) is 6.61 Å². The Kier molecular flexibility index (Phi) is 6.19. The molecular formula is C19H23F5N4O2. The van der Waals surface area contributed by atoms with Crippen molar-refractivity contribution >= 4 is 16.9 Å². The van der Waals surface area contributed by atoms with E-state index in [1.54, 1.807) is 6.92 Å². The Labute approximate surface area is 169 Å². The molecule has 30 heavy (non-hydrogen) atoms. The van der Waals surface area contributed by atoms with Gasteiger partial charge in [-0.2, -0.15) is 32.0 Å². The zero-order valence-corrected chi connectivity index (χ0v) is 16.7. The molecule has 0 spiro atoms. The Balaban J connectivity index is 1.90. The average Bonchev–Trinajstić information content (AvgIpc) is 3.01. The van der Waals surface area contributed by atoms with E-state index in [4.69, 9.17) is 4.74 Å². The molecule has 1 amide bonds. The number of aryl methyl sites for hydroxylation is 2. The summed E-state index contributed by atoms with van der Waals surface area (Å²) >= 11 is 0. The van der Waals surface area contributed by atoms with Gasteiger partial charge in [-0.3, -0.25) is 4.79 Å². The molecule has 2 aromatic heterocycles. The maximum atomic E-state index is 14.2. The van der Waals surface area contributed by atoms with Crippen LogP contribution in [0.25, 0.3) is 11.0 Å². The predicted octanol–water partition coefficient (Wildman–Crippen LogP) is 4.24. The van der Waals surface area contributed by atoms with Gasteiger partial charge in [0.15, 0.2) is 12.3 Å². The quantitative estimate of drug-likeness (QED) is 0.691. The van der Waals surface area contributed by atoms with Crippen LogP contribution < -0.4 is 10.1 Å². The Bertz CT molecular complexity index is 920. The third kappa shape index (κ3) is 4.34. The molecule has 2 heterocycles. The van der Waals surface area contributed by atoms with Crippen molar-refractivity contribution in [3.8, 4) is 5.88 Å². The lowest BCUT2D eigenvalue weighted by molar-refractivity contribution is -0.288. The molecule has 0 atom stereocenters. The molecule has 1 fully saturated rings. The molecular weight excluding hydrogens is 411 g/mol. The molecule has 1 aliphatic carbocycles. The van der Waals surface area contributed by atoms with Crippen LogP contribution in [0.3, 0.4) is 0 Å². The van der Waals surface area contributed by atoms with Gasteiger partial charge in [0.25, 0.3) is 5.91 Å². The number of aromatic nitrogens is 3. The first kappa shape index (κ1) is 22.2. The third-order valence-corrected chi connectivity index (χ3v) is 5.17. The van der Waals surface area contributed by atoms with Gasteiger partial charge in [0.1, 0.15) is 0 Å². The summed E-state index contributed by atoms with van der Waals surface area (Å²) in [7, 11) is 0. The lowest BCUT2D eigenvalue weighted by atomic mass is 9.95. The van der Waals surface area contributed by atoms with Crippen LogP contribution in [0.4, 0.5) is 22.0 Å². The van der Waals surface area contributed by atoms with Gasteiger partial charge in [-0.05, 0) is 26.7 Å². The number of fused-ring (bicyclic) bond motifs is 1. The number of amides is 1. The fourth-order valence-electron chi connectivity index (χ4n) is 3.68. The monoisotopic (exact) mass is 434 g/mol. The number of hydrogen-bond acceptors (Lipinski definition) is 4. The summed E-state index contributed by atoms with van der Waals surface area (Å²) in [5.74, 6) is -6.11. The van der Waals surface area contributed by atoms with Crippen molar-refractivity contribution in [2.24, 2.45) is 0 Å². The number of alkyl halides is 5. The Morgan fingerprint density at radius 2 is 1.90 bits per heavy atom. The summed E-state index contributed by atoms with van der Waals surface area (Å²) < 4.78 is 74.1. The first-order valence-electron chi connectivity index (χ1n) is 9.80. The standard InChI is InChI=1S/C19H23F5N4O2/c1-3-28-17-16(11(2)27-28)13(18(20,21)19(22,23)24)9-15(26-17)30-10-14(29)25-12-7-5-4-6-8-12/h9,12H,3-8,10H2,1-2H3,(H,25,29). The molecule has 0 saturated heterocycles. The van der Waals surface area contributed by atoms with Gasteiger partial charge in [0, 0.05) is 24.2 Å². The lowest BCUT2D eigenvalue weighted by Crippen LogP contribution is -2.39. The molecule has 0 aliphatic heterocycles. The number of nitrogens with one attached hydrogen (secondary N) is 1. The second-order valence-electron chi connectivity index (χ2n) is 7.37. The topological polar surface area (TPSA) is 69.0 Å². The molecule has 0 radical (unpaired) electrons. The molecule has 1 saturated carbocycles. The minimum Gasteiger partial charge on any atom is -0.467 e. The SMILES string of the molecule is CCn1nc(C)c2c(C(F)(F)C(F)(F)F)cc(OCC(=O)NC3CCCCC3)nc21. The minimum atomic E-state index is -5.81. The second kappa shape index (κ2) is 8.35. The van der Waals surface area contributed by atoms with Crippen molar-refractivity contribution in [1.29, 1.82) is 0 Å². The van der Waals surface area contributed by atoms with Gasteiger partial charge in [-0.15, -0.1) is 0 Å². The third-order valence-electron chi connectivity index (χ3n) is 5.17. The molecule has 0 aromatic carbocycles. The smallest absolute Gasteiger partial charge is 0.458 e. The first-order chi connectivity index (χ1) is 14.0. The number of carbonyl (C=O) groups is 1. The number of ether oxygens (including phenoxy) is 1. The molecule has 3 rings (SSSR count). The second-order valence-corrected chi connectivity index (χ2v) is 7.37. The number of nitrogens with zero attached hydrogens (tertiary/aromatic N) is 3. The summed E-state index contributed by atoms with van der Waals surface area (Å²) in [5.41, 5.74) is -1.45. The number of rotatable bonds is 6. The first-order valence-corrected chi connectivity index (χ1v) is 9.80. The minimum absolute atomic E-state index is 0.000124. The maximum Gasteiger partial charge on any atom is 0.458 e. The van der Waals surface area contributed by atoms with Crippen LogP contribution in [0.2, 0.25) is 0 Å². The van der Waals surface area contributed by atoms with Gasteiger partial charge < -0.3 is 10.1 Å². The van der Waals surface area contributed by atoms with Crippen molar-refractivity contribution in [3.05, 3.63) is 17.3 Å². The predicted molar refractivity (Wildman–Crippen MR) is 98.4 cm³/mol. The number of carbonyl (C=O) groups excluding carboxylic acids is 1. The highest BCUT2D eigenvalue weighted by atomic mass is 19.4. The summed E-state index contributed by atoms with van der Waals surface area (Å²) in [6, 6.07) is 0.554. The van der Waals surface area contributed by atoms with Crippen LogP contribution in [0.15, 0.2) is 6.07 Å². The maximum absolute atomic E-state index is 14.2. The molecule has 6 nitrogen and oxygen atoms in total. The van der Waals surface area contributed by atoms with Crippen molar-refractivity contribution in [2.45, 2.75) is 70.6 Å². The van der Waals surface area contributed by atoms with Gasteiger partial charge in [0.05, 0.1) is 11.1 Å². The van der Waals surface area contributed by atoms with E-state index in [0.717, 1.165) is 32.1 Å². The van der Waals surface area contributed by atoms with E-state index < -0.39 is 36.1 Å². The lowest BCUT2D eigenvalue weighted by Gasteiger charge is -2.23. The number of pyridine rings is 1. The summed E-state index contributed by atoms with van der Waals surface area (Å²) in [6.07, 6.45) is -1.02. The fourth-order valence-corrected chi connectivity index (χ4v) is 3.68. The number of hydrogen-bond donors (Lipinski definition) is 1. The van der Waals surface area contributed by atoms with E-state index >= 15 is 0 Å². The highest BCUT2D eigenvalue weighted by Crippen LogP contribution is 2.47. The van der Waals surface area contributed by atoms with Crippen LogP contribution >= 0.6 is 0 Å². The van der Waals surface area contributed by atoms with Crippen molar-refractivity contribution in [1.82, 2.24) is 20.1 Å². The molecule has 166 valence electrons. The molecule has 1 aliphatic rings. The molecule has 1 N–H and O–H groups in total. The summed E-state index contributed by atoms with van der Waals surface area (Å²) in [4.78, 5) is 16.1. The van der Waals surface area contributed by atoms with Gasteiger partial charge >= 0.3 is 12.1 Å². The van der Waals surface area contributed by atoms with Crippen LogP contribution in [-0.4, -0.2) is 39.5 Å². The van der Waals surface area contributed by atoms with Gasteiger partial charge in [0.2, 0.25) is 5.88 Å². The normalized spacial score (nSPS) is 16.1. The van der Waals surface area contributed by atoms with E-state index in [2.05, 4.69) is 15.4 Å². The van der Waals surface area contributed by atoms with E-state index in [1.807, 2.05) is 0 Å².